The number of hydrogen-bond acceptors (Lipinski definition) is 13. The van der Waals surface area contributed by atoms with Crippen LogP contribution in [0.1, 0.15) is 56.6 Å². The van der Waals surface area contributed by atoms with Gasteiger partial charge in [0.05, 0.1) is 40.1 Å². The molecule has 3 aliphatic rings. The van der Waals surface area contributed by atoms with E-state index in [2.05, 4.69) is 60.5 Å². The number of nitrogens with one attached hydrogen (secondary N) is 2. The van der Waals surface area contributed by atoms with E-state index in [0.29, 0.717) is 24.3 Å². The van der Waals surface area contributed by atoms with Crippen molar-refractivity contribution >= 4 is 45.3 Å². The van der Waals surface area contributed by atoms with E-state index in [1.54, 1.807) is 28.2 Å². The largest absolute Gasteiger partial charge is 0.382 e. The zero-order chi connectivity index (χ0) is 36.5. The van der Waals surface area contributed by atoms with Gasteiger partial charge in [0.2, 0.25) is 16.9 Å². The van der Waals surface area contributed by atoms with Crippen molar-refractivity contribution in [1.29, 1.82) is 5.26 Å². The highest BCUT2D eigenvalue weighted by molar-refractivity contribution is 7.18. The van der Waals surface area contributed by atoms with E-state index in [9.17, 15) is 14.9 Å². The standard InChI is InChI=1S/C38H42N12O2S/c1-24(2)43-31-18-32(33-6-4-28-17-26(19-39)20-42-50(28)33)40-22-30(31)37-45-46-38(53-37)49-15-13-47(14-16-49)23-25-9-11-48(12-10-25)34-7-3-27(21-41-34)29-5-8-35(51)44-36(29)52/h3-4,6-7,17-18,20-22,24-25,29H,5,8-16,23H2,1-2H3,(H,40,43)(H,44,51,52)/t29-/m1/s1. The number of carbonyl (C=O) groups excluding carboxylic acids is 2. The lowest BCUT2D eigenvalue weighted by molar-refractivity contribution is -0.134. The van der Waals surface area contributed by atoms with Crippen molar-refractivity contribution in [2.45, 2.75) is 51.5 Å². The van der Waals surface area contributed by atoms with Gasteiger partial charge >= 0.3 is 0 Å². The van der Waals surface area contributed by atoms with Crippen molar-refractivity contribution in [2.75, 3.05) is 60.9 Å². The summed E-state index contributed by atoms with van der Waals surface area (Å²) < 4.78 is 1.80. The number of carbonyl (C=O) groups is 2. The Morgan fingerprint density at radius 2 is 1.77 bits per heavy atom. The third-order valence-electron chi connectivity index (χ3n) is 10.4. The van der Waals surface area contributed by atoms with Crippen LogP contribution in [0.15, 0.2) is 55.0 Å². The molecule has 0 unspecified atom stereocenters. The van der Waals surface area contributed by atoms with Crippen molar-refractivity contribution in [3.63, 3.8) is 0 Å². The van der Waals surface area contributed by atoms with Gasteiger partial charge < -0.3 is 15.1 Å². The van der Waals surface area contributed by atoms with E-state index in [4.69, 9.17) is 9.97 Å². The molecule has 3 aliphatic heterocycles. The van der Waals surface area contributed by atoms with Gasteiger partial charge in [-0.3, -0.25) is 24.8 Å². The second-order valence-corrected chi connectivity index (χ2v) is 15.3. The number of amides is 2. The molecule has 5 aromatic heterocycles. The van der Waals surface area contributed by atoms with Gasteiger partial charge in [0.1, 0.15) is 11.9 Å². The number of hydrogen-bond donors (Lipinski definition) is 2. The minimum atomic E-state index is -0.304. The van der Waals surface area contributed by atoms with Crippen LogP contribution in [0.5, 0.6) is 0 Å². The maximum Gasteiger partial charge on any atom is 0.234 e. The fourth-order valence-electron chi connectivity index (χ4n) is 7.54. The minimum Gasteiger partial charge on any atom is -0.382 e. The Kier molecular flexibility index (Phi) is 9.72. The van der Waals surface area contributed by atoms with E-state index in [1.165, 1.54) is 0 Å². The van der Waals surface area contributed by atoms with Crippen LogP contribution in [-0.2, 0) is 9.59 Å². The monoisotopic (exact) mass is 730 g/mol. The number of fused-ring (bicyclic) bond motifs is 1. The Morgan fingerprint density at radius 3 is 2.51 bits per heavy atom. The summed E-state index contributed by atoms with van der Waals surface area (Å²) in [6, 6.07) is 14.1. The second-order valence-electron chi connectivity index (χ2n) is 14.4. The van der Waals surface area contributed by atoms with Crippen LogP contribution in [-0.4, -0.2) is 98.3 Å². The summed E-state index contributed by atoms with van der Waals surface area (Å²) in [5.41, 5.74) is 5.70. The van der Waals surface area contributed by atoms with Gasteiger partial charge in [-0.2, -0.15) is 10.4 Å². The Labute approximate surface area is 311 Å². The number of rotatable bonds is 9. The van der Waals surface area contributed by atoms with Crippen LogP contribution in [0.25, 0.3) is 27.5 Å². The lowest BCUT2D eigenvalue weighted by Crippen LogP contribution is -2.49. The van der Waals surface area contributed by atoms with Crippen LogP contribution >= 0.6 is 11.3 Å². The molecule has 0 spiro atoms. The summed E-state index contributed by atoms with van der Waals surface area (Å²) >= 11 is 1.60. The van der Waals surface area contributed by atoms with Gasteiger partial charge in [-0.15, -0.1) is 10.2 Å². The van der Waals surface area contributed by atoms with Crippen molar-refractivity contribution < 1.29 is 9.59 Å². The molecule has 1 atom stereocenters. The number of piperidine rings is 2. The lowest BCUT2D eigenvalue weighted by atomic mass is 9.91. The Morgan fingerprint density at radius 1 is 0.943 bits per heavy atom. The summed E-state index contributed by atoms with van der Waals surface area (Å²) in [4.78, 5) is 40.6. The van der Waals surface area contributed by atoms with Crippen molar-refractivity contribution in [2.24, 2.45) is 5.92 Å². The molecule has 15 heteroatoms. The van der Waals surface area contributed by atoms with Gasteiger partial charge in [-0.05, 0) is 74.9 Å². The third kappa shape index (κ3) is 7.42. The normalized spacial score (nSPS) is 18.8. The first kappa shape index (κ1) is 34.6. The van der Waals surface area contributed by atoms with Crippen LogP contribution < -0.4 is 20.4 Å². The van der Waals surface area contributed by atoms with Crippen molar-refractivity contribution in [3.05, 3.63) is 66.1 Å². The first-order chi connectivity index (χ1) is 25.8. The molecule has 5 aromatic rings. The average molecular weight is 731 g/mol. The fourth-order valence-corrected chi connectivity index (χ4v) is 8.46. The molecule has 0 aromatic carbocycles. The molecule has 0 radical (unpaired) electrons. The molecule has 3 saturated heterocycles. The zero-order valence-corrected chi connectivity index (χ0v) is 30.7. The van der Waals surface area contributed by atoms with Crippen LogP contribution in [0, 0.1) is 17.2 Å². The number of imide groups is 1. The molecule has 8 rings (SSSR count). The number of aromatic nitrogens is 6. The Balaban J connectivity index is 0.853. The molecule has 8 heterocycles. The molecule has 14 nitrogen and oxygen atoms in total. The summed E-state index contributed by atoms with van der Waals surface area (Å²) in [6.45, 7) is 11.0. The Bertz CT molecular complexity index is 2160. The average Bonchev–Trinajstić information content (AvgIpc) is 3.83. The molecule has 0 aliphatic carbocycles. The van der Waals surface area contributed by atoms with E-state index < -0.39 is 0 Å². The summed E-state index contributed by atoms with van der Waals surface area (Å²) in [5, 5.41) is 30.7. The van der Waals surface area contributed by atoms with Crippen LogP contribution in [0.3, 0.4) is 0 Å². The number of nitrogens with zero attached hydrogens (tertiary/aromatic N) is 10. The lowest BCUT2D eigenvalue weighted by Gasteiger charge is -2.39. The van der Waals surface area contributed by atoms with E-state index in [1.807, 2.05) is 42.6 Å². The molecule has 0 bridgehead atoms. The first-order valence-electron chi connectivity index (χ1n) is 18.3. The third-order valence-corrected chi connectivity index (χ3v) is 11.4. The highest BCUT2D eigenvalue weighted by Crippen LogP contribution is 2.36. The van der Waals surface area contributed by atoms with Crippen LogP contribution in [0.4, 0.5) is 16.6 Å². The van der Waals surface area contributed by atoms with Gasteiger partial charge in [-0.25, -0.2) is 9.50 Å². The quantitative estimate of drug-likeness (QED) is 0.204. The molecule has 272 valence electrons. The maximum absolute atomic E-state index is 12.3. The smallest absolute Gasteiger partial charge is 0.234 e. The molecule has 0 saturated carbocycles. The fraction of sp³-hybridized carbons (Fsp3) is 0.421. The number of piperazine rings is 1. The van der Waals surface area contributed by atoms with Crippen molar-refractivity contribution in [3.8, 4) is 28.0 Å². The van der Waals surface area contributed by atoms with E-state index in [-0.39, 0.29) is 23.8 Å². The first-order valence-corrected chi connectivity index (χ1v) is 19.1. The number of pyridine rings is 2. The SMILES string of the molecule is CC(C)Nc1cc(-c2ccc3cc(C#N)cnn23)ncc1-c1nnc(N2CCN(CC3CCN(c4ccc([C@H]5CCC(=O)NC5=O)cn4)CC3)CC2)s1. The van der Waals surface area contributed by atoms with Gasteiger partial charge in [-0.1, -0.05) is 17.4 Å². The van der Waals surface area contributed by atoms with Gasteiger partial charge in [0, 0.05) is 76.4 Å². The molecule has 2 amide bonds. The summed E-state index contributed by atoms with van der Waals surface area (Å²) in [7, 11) is 0. The van der Waals surface area contributed by atoms with Gasteiger partial charge in [0.25, 0.3) is 0 Å². The maximum atomic E-state index is 12.3. The summed E-state index contributed by atoms with van der Waals surface area (Å²) in [6.07, 6.45) is 8.38. The molecule has 53 heavy (non-hydrogen) atoms. The molecule has 2 N–H and O–H groups in total. The predicted molar refractivity (Wildman–Crippen MR) is 204 cm³/mol. The topological polar surface area (TPSA) is 161 Å². The highest BCUT2D eigenvalue weighted by Gasteiger charge is 2.29. The van der Waals surface area contributed by atoms with Crippen molar-refractivity contribution in [1.82, 2.24) is 40.0 Å². The van der Waals surface area contributed by atoms with E-state index >= 15 is 0 Å². The number of anilines is 3. The van der Waals surface area contributed by atoms with E-state index in [0.717, 1.165) is 108 Å². The second kappa shape index (κ2) is 14.9. The number of nitriles is 1. The predicted octanol–water partition coefficient (Wildman–Crippen LogP) is 4.56. The Hall–Kier alpha value is -5.46. The molecule has 3 fully saturated rings. The zero-order valence-electron chi connectivity index (χ0n) is 29.9. The molecular weight excluding hydrogens is 689 g/mol. The summed E-state index contributed by atoms with van der Waals surface area (Å²) in [5.74, 6) is 0.869. The molecular formula is C38H42N12O2S. The van der Waals surface area contributed by atoms with Gasteiger partial charge in [0.15, 0.2) is 5.01 Å². The highest BCUT2D eigenvalue weighted by atomic mass is 32.1. The minimum absolute atomic E-state index is 0.198. The van der Waals surface area contributed by atoms with Crippen LogP contribution in [0.2, 0.25) is 0 Å².